The molecule has 2 aromatic rings. The normalized spacial score (nSPS) is 17.0. The molecule has 0 saturated carbocycles. The molecule has 0 N–H and O–H groups in total. The molecule has 1 aromatic carbocycles. The summed E-state index contributed by atoms with van der Waals surface area (Å²) in [5.41, 5.74) is 1.06. The van der Waals surface area contributed by atoms with Gasteiger partial charge >= 0.3 is 0 Å². The third-order valence-electron chi connectivity index (χ3n) is 4.13. The van der Waals surface area contributed by atoms with Gasteiger partial charge in [-0.15, -0.1) is 10.2 Å². The Bertz CT molecular complexity index is 764. The van der Waals surface area contributed by atoms with E-state index in [0.29, 0.717) is 29.7 Å². The number of thioether (sulfide) groups is 1. The third kappa shape index (κ3) is 3.51. The molecule has 9 heteroatoms. The molecule has 0 radical (unpaired) electrons. The summed E-state index contributed by atoms with van der Waals surface area (Å²) in [4.78, 5) is 2.20. The average molecular weight is 383 g/mol. The molecule has 2 aliphatic heterocycles. The highest BCUT2D eigenvalue weighted by molar-refractivity contribution is 7.98. The fourth-order valence-electron chi connectivity index (χ4n) is 2.87. The van der Waals surface area contributed by atoms with Crippen LogP contribution in [0.4, 0.5) is 5.95 Å². The van der Waals surface area contributed by atoms with Gasteiger partial charge in [0.05, 0.1) is 18.2 Å². The molecule has 1 saturated heterocycles. The van der Waals surface area contributed by atoms with Crippen LogP contribution in [0.2, 0.25) is 5.02 Å². The second-order valence-electron chi connectivity index (χ2n) is 5.83. The van der Waals surface area contributed by atoms with Gasteiger partial charge in [0.2, 0.25) is 5.95 Å². The lowest BCUT2D eigenvalue weighted by molar-refractivity contribution is 0.121. The average Bonchev–Trinajstić information content (AvgIpc) is 3.01. The zero-order valence-corrected chi connectivity index (χ0v) is 15.5. The van der Waals surface area contributed by atoms with Crippen LogP contribution in [0.1, 0.15) is 5.56 Å². The summed E-state index contributed by atoms with van der Waals surface area (Å²) in [5, 5.41) is 10.1. The Morgan fingerprint density at radius 2 is 1.92 bits per heavy atom. The summed E-state index contributed by atoms with van der Waals surface area (Å²) < 4.78 is 18.6. The largest absolute Gasteiger partial charge is 0.486 e. The number of hydrogen-bond donors (Lipinski definition) is 0. The topological polar surface area (TPSA) is 61.6 Å². The van der Waals surface area contributed by atoms with Gasteiger partial charge in [-0.1, -0.05) is 23.4 Å². The number of ether oxygens (including phenoxy) is 3. The number of aromatic nitrogens is 3. The van der Waals surface area contributed by atoms with E-state index in [1.165, 1.54) is 0 Å². The van der Waals surface area contributed by atoms with Gasteiger partial charge in [-0.3, -0.25) is 4.57 Å². The fourth-order valence-corrected chi connectivity index (χ4v) is 3.99. The molecule has 0 unspecified atom stereocenters. The first-order valence-corrected chi connectivity index (χ1v) is 9.51. The van der Waals surface area contributed by atoms with Crippen LogP contribution in [-0.2, 0) is 17.5 Å². The highest BCUT2D eigenvalue weighted by Gasteiger charge is 2.20. The molecule has 7 nitrogen and oxygen atoms in total. The van der Waals surface area contributed by atoms with Gasteiger partial charge in [0.1, 0.15) is 13.2 Å². The van der Waals surface area contributed by atoms with E-state index in [1.807, 2.05) is 23.7 Å². The Morgan fingerprint density at radius 3 is 2.76 bits per heavy atom. The summed E-state index contributed by atoms with van der Waals surface area (Å²) in [5.74, 6) is 2.95. The minimum Gasteiger partial charge on any atom is -0.486 e. The number of nitrogens with zero attached hydrogens (tertiary/aromatic N) is 4. The van der Waals surface area contributed by atoms with Gasteiger partial charge in [-0.25, -0.2) is 0 Å². The number of fused-ring (bicyclic) bond motifs is 1. The number of anilines is 1. The van der Waals surface area contributed by atoms with Crippen molar-refractivity contribution in [3.63, 3.8) is 0 Å². The molecular weight excluding hydrogens is 364 g/mol. The third-order valence-corrected chi connectivity index (χ3v) is 5.50. The Labute approximate surface area is 155 Å². The first kappa shape index (κ1) is 16.8. The van der Waals surface area contributed by atoms with Crippen LogP contribution in [0.25, 0.3) is 0 Å². The Morgan fingerprint density at radius 1 is 1.12 bits per heavy atom. The summed E-state index contributed by atoms with van der Waals surface area (Å²) >= 11 is 7.92. The van der Waals surface area contributed by atoms with Crippen LogP contribution in [0.5, 0.6) is 11.5 Å². The first-order valence-electron chi connectivity index (χ1n) is 8.15. The summed E-state index contributed by atoms with van der Waals surface area (Å²) in [7, 11) is 1.99. The van der Waals surface area contributed by atoms with Crippen molar-refractivity contribution in [3.05, 3.63) is 22.7 Å². The maximum Gasteiger partial charge on any atom is 0.227 e. The second-order valence-corrected chi connectivity index (χ2v) is 7.18. The highest BCUT2D eigenvalue weighted by Crippen LogP contribution is 2.39. The van der Waals surface area contributed by atoms with Crippen LogP contribution >= 0.6 is 23.4 Å². The second kappa shape index (κ2) is 7.31. The predicted molar refractivity (Wildman–Crippen MR) is 96.0 cm³/mol. The zero-order valence-electron chi connectivity index (χ0n) is 13.9. The first-order chi connectivity index (χ1) is 12.2. The van der Waals surface area contributed by atoms with Gasteiger partial charge < -0.3 is 19.1 Å². The Kier molecular flexibility index (Phi) is 4.91. The lowest BCUT2D eigenvalue weighted by Crippen LogP contribution is -2.37. The van der Waals surface area contributed by atoms with E-state index >= 15 is 0 Å². The van der Waals surface area contributed by atoms with Crippen molar-refractivity contribution < 1.29 is 14.2 Å². The van der Waals surface area contributed by atoms with E-state index in [1.54, 1.807) is 11.8 Å². The number of halogens is 1. The number of benzene rings is 1. The van der Waals surface area contributed by atoms with Gasteiger partial charge in [-0.2, -0.15) is 0 Å². The lowest BCUT2D eigenvalue weighted by Gasteiger charge is -2.27. The van der Waals surface area contributed by atoms with E-state index in [0.717, 1.165) is 48.7 Å². The van der Waals surface area contributed by atoms with E-state index in [-0.39, 0.29) is 0 Å². The lowest BCUT2D eigenvalue weighted by atomic mass is 10.2. The molecule has 4 rings (SSSR count). The molecule has 134 valence electrons. The predicted octanol–water partition coefficient (Wildman–Crippen LogP) is 2.37. The monoisotopic (exact) mass is 382 g/mol. The van der Waals surface area contributed by atoms with Crippen LogP contribution < -0.4 is 14.4 Å². The van der Waals surface area contributed by atoms with Crippen LogP contribution in [0.15, 0.2) is 17.3 Å². The van der Waals surface area contributed by atoms with E-state index < -0.39 is 0 Å². The summed E-state index contributed by atoms with van der Waals surface area (Å²) in [6.07, 6.45) is 0. The molecule has 2 aliphatic rings. The van der Waals surface area contributed by atoms with Gasteiger partial charge in [-0.05, 0) is 17.7 Å². The molecule has 0 spiro atoms. The van der Waals surface area contributed by atoms with Crippen molar-refractivity contribution in [3.8, 4) is 11.5 Å². The standard InChI is InChI=1S/C16H19ClN4O3S/c1-20-15(21-2-4-22-5-3-21)18-19-16(20)25-10-11-8-12(17)14-13(9-11)23-6-7-24-14/h8-9H,2-7,10H2,1H3. The van der Waals surface area contributed by atoms with Crippen molar-refractivity contribution in [1.82, 2.24) is 14.8 Å². The Balaban J connectivity index is 1.46. The molecular formula is C16H19ClN4O3S. The van der Waals surface area contributed by atoms with Crippen molar-refractivity contribution in [2.75, 3.05) is 44.4 Å². The molecule has 25 heavy (non-hydrogen) atoms. The maximum absolute atomic E-state index is 6.30. The molecule has 0 atom stereocenters. The molecule has 1 fully saturated rings. The number of hydrogen-bond acceptors (Lipinski definition) is 7. The van der Waals surface area contributed by atoms with Crippen molar-refractivity contribution in [2.24, 2.45) is 7.05 Å². The maximum atomic E-state index is 6.30. The smallest absolute Gasteiger partial charge is 0.227 e. The van der Waals surface area contributed by atoms with Gasteiger partial charge in [0, 0.05) is 25.9 Å². The van der Waals surface area contributed by atoms with Crippen LogP contribution in [0.3, 0.4) is 0 Å². The van der Waals surface area contributed by atoms with Crippen molar-refractivity contribution >= 4 is 29.3 Å². The minimum atomic E-state index is 0.532. The van der Waals surface area contributed by atoms with Crippen molar-refractivity contribution in [1.29, 1.82) is 0 Å². The molecule has 0 bridgehead atoms. The molecule has 0 aliphatic carbocycles. The molecule has 0 amide bonds. The van der Waals surface area contributed by atoms with E-state index in [2.05, 4.69) is 15.1 Å². The molecule has 3 heterocycles. The minimum absolute atomic E-state index is 0.532. The van der Waals surface area contributed by atoms with E-state index in [9.17, 15) is 0 Å². The SMILES string of the molecule is Cn1c(SCc2cc(Cl)c3c(c2)OCCO3)nnc1N1CCOCC1. The summed E-state index contributed by atoms with van der Waals surface area (Å²) in [6, 6.07) is 3.90. The van der Waals surface area contributed by atoms with Crippen LogP contribution in [0, 0.1) is 0 Å². The quantitative estimate of drug-likeness (QED) is 0.752. The van der Waals surface area contributed by atoms with Gasteiger partial charge in [0.15, 0.2) is 16.7 Å². The number of rotatable bonds is 4. The van der Waals surface area contributed by atoms with Crippen LogP contribution in [-0.4, -0.2) is 54.3 Å². The summed E-state index contributed by atoms with van der Waals surface area (Å²) in [6.45, 7) is 4.22. The Hall–Kier alpha value is -1.64. The van der Waals surface area contributed by atoms with E-state index in [4.69, 9.17) is 25.8 Å². The fraction of sp³-hybridized carbons (Fsp3) is 0.500. The highest BCUT2D eigenvalue weighted by atomic mass is 35.5. The number of morpholine rings is 1. The zero-order chi connectivity index (χ0) is 17.2. The van der Waals surface area contributed by atoms with Gasteiger partial charge in [0.25, 0.3) is 0 Å². The molecule has 1 aromatic heterocycles. The van der Waals surface area contributed by atoms with Crippen molar-refractivity contribution in [2.45, 2.75) is 10.9 Å².